The molecular weight excluding hydrogens is 845 g/mol. The highest BCUT2D eigenvalue weighted by molar-refractivity contribution is 7.86. The number of azo groups is 2. The number of carbonyl (C=O) groups excluding carboxylic acids is 2. The van der Waals surface area contributed by atoms with Crippen LogP contribution in [0.5, 0.6) is 23.0 Å². The molecule has 0 bridgehead atoms. The molecule has 0 fully saturated rings. The first-order valence-corrected chi connectivity index (χ1v) is 20.8. The number of anilines is 2. The number of aromatic hydroxyl groups is 2. The number of ether oxygens (including phenoxy) is 2. The van der Waals surface area contributed by atoms with Crippen molar-refractivity contribution in [2.75, 3.05) is 24.9 Å². The van der Waals surface area contributed by atoms with Gasteiger partial charge in [0.15, 0.2) is 11.5 Å². The number of fused-ring (bicyclic) bond motifs is 2. The third-order valence-electron chi connectivity index (χ3n) is 9.26. The first kappa shape index (κ1) is 42.3. The maximum Gasteiger partial charge on any atom is 0.296 e. The van der Waals surface area contributed by atoms with Crippen LogP contribution in [0.3, 0.4) is 0 Å². The van der Waals surface area contributed by atoms with Gasteiger partial charge in [-0.2, -0.15) is 27.1 Å². The molecule has 0 aliphatic carbocycles. The van der Waals surface area contributed by atoms with E-state index in [1.165, 1.54) is 74.9 Å². The summed E-state index contributed by atoms with van der Waals surface area (Å²) >= 11 is 0. The molecule has 2 amide bonds. The molecule has 0 atom stereocenters. The fourth-order valence-corrected chi connectivity index (χ4v) is 7.45. The monoisotopic (exact) mass is 876 g/mol. The van der Waals surface area contributed by atoms with Crippen LogP contribution in [-0.4, -0.2) is 62.2 Å². The van der Waals surface area contributed by atoms with Crippen LogP contribution in [0.1, 0.15) is 20.7 Å². The van der Waals surface area contributed by atoms with Crippen molar-refractivity contribution in [3.63, 3.8) is 0 Å². The highest BCUT2D eigenvalue weighted by Gasteiger charge is 2.24. The normalized spacial score (nSPS) is 11.9. The quantitative estimate of drug-likeness (QED) is 0.0495. The molecule has 0 aliphatic rings. The molecule has 20 heteroatoms. The standard InChI is InChI=1S/C42H32N6O12S2/c1-59-31-13-7-27(8-14-31)45-47-37-35(61(53,54)55)21-25-19-29(11-17-33(25)39(37)49)43-41(51)23-3-5-24(6-4-23)42(52)44-30-12-18-34-26(20-30)22-36(62(56,57)58)38(40(34)50)48-46-28-9-15-32(60-2)16-10-28/h3-22,49-50H,1-2H3,(H,43,51)(H,44,52)(H,53,54,55)(H,56,57,58). The molecule has 0 spiro atoms. The Morgan fingerprint density at radius 3 is 1.18 bits per heavy atom. The Hall–Kier alpha value is -7.78. The third kappa shape index (κ3) is 9.17. The van der Waals surface area contributed by atoms with Gasteiger partial charge in [-0.1, -0.05) is 0 Å². The average molecular weight is 877 g/mol. The molecule has 0 aliphatic heterocycles. The molecule has 0 unspecified atom stereocenters. The summed E-state index contributed by atoms with van der Waals surface area (Å²) in [5.41, 5.74) is 0.294. The van der Waals surface area contributed by atoms with Gasteiger partial charge in [0, 0.05) is 33.3 Å². The first-order chi connectivity index (χ1) is 29.5. The van der Waals surface area contributed by atoms with Crippen LogP contribution in [0.2, 0.25) is 0 Å². The summed E-state index contributed by atoms with van der Waals surface area (Å²) in [6, 6.07) is 28.8. The van der Waals surface area contributed by atoms with E-state index in [0.29, 0.717) is 22.9 Å². The number of hydrogen-bond donors (Lipinski definition) is 6. The lowest BCUT2D eigenvalue weighted by molar-refractivity contribution is 0.101. The van der Waals surface area contributed by atoms with Crippen molar-refractivity contribution in [1.82, 2.24) is 0 Å². The average Bonchev–Trinajstić information content (AvgIpc) is 3.25. The Bertz CT molecular complexity index is 2980. The van der Waals surface area contributed by atoms with Gasteiger partial charge in [0.1, 0.15) is 32.7 Å². The van der Waals surface area contributed by atoms with Crippen LogP contribution in [0, 0.1) is 0 Å². The van der Waals surface area contributed by atoms with E-state index >= 15 is 0 Å². The molecule has 0 saturated carbocycles. The second-order valence-corrected chi connectivity index (χ2v) is 16.0. The maximum absolute atomic E-state index is 13.2. The summed E-state index contributed by atoms with van der Waals surface area (Å²) in [4.78, 5) is 25.0. The Labute approximate surface area is 352 Å². The molecular formula is C42H32N6O12S2. The van der Waals surface area contributed by atoms with Gasteiger partial charge in [0.2, 0.25) is 0 Å². The van der Waals surface area contributed by atoms with Crippen LogP contribution in [-0.2, 0) is 20.2 Å². The van der Waals surface area contributed by atoms with Gasteiger partial charge in [-0.05, 0) is 132 Å². The Morgan fingerprint density at radius 1 is 0.500 bits per heavy atom. The van der Waals surface area contributed by atoms with Crippen LogP contribution in [0.4, 0.5) is 34.1 Å². The zero-order chi connectivity index (χ0) is 44.3. The number of methoxy groups -OCH3 is 2. The summed E-state index contributed by atoms with van der Waals surface area (Å²) < 4.78 is 79.5. The number of nitrogens with zero attached hydrogens (tertiary/aromatic N) is 4. The van der Waals surface area contributed by atoms with E-state index in [2.05, 4.69) is 31.1 Å². The van der Waals surface area contributed by atoms with Gasteiger partial charge < -0.3 is 30.3 Å². The van der Waals surface area contributed by atoms with Crippen molar-refractivity contribution in [1.29, 1.82) is 0 Å². The summed E-state index contributed by atoms with van der Waals surface area (Å²) in [6.45, 7) is 0. The van der Waals surface area contributed by atoms with E-state index in [4.69, 9.17) is 9.47 Å². The van der Waals surface area contributed by atoms with Crippen LogP contribution in [0.25, 0.3) is 21.5 Å². The third-order valence-corrected chi connectivity index (χ3v) is 11.0. The predicted molar refractivity (Wildman–Crippen MR) is 228 cm³/mol. The summed E-state index contributed by atoms with van der Waals surface area (Å²) in [7, 11) is -6.85. The fourth-order valence-electron chi connectivity index (χ4n) is 6.14. The summed E-state index contributed by atoms with van der Waals surface area (Å²) in [6.07, 6.45) is 0. The first-order valence-electron chi connectivity index (χ1n) is 17.9. The Balaban J connectivity index is 1.07. The molecule has 7 aromatic carbocycles. The van der Waals surface area contributed by atoms with E-state index < -0.39 is 64.7 Å². The van der Waals surface area contributed by atoms with Gasteiger partial charge >= 0.3 is 0 Å². The predicted octanol–water partition coefficient (Wildman–Crippen LogP) is 9.25. The molecule has 0 heterocycles. The minimum absolute atomic E-state index is 0.135. The second-order valence-electron chi connectivity index (χ2n) is 13.2. The largest absolute Gasteiger partial charge is 0.505 e. The lowest BCUT2D eigenvalue weighted by atomic mass is 10.1. The number of nitrogens with one attached hydrogen (secondary N) is 2. The molecule has 7 rings (SSSR count). The lowest BCUT2D eigenvalue weighted by Gasteiger charge is -2.12. The summed E-state index contributed by atoms with van der Waals surface area (Å²) in [5.74, 6) is -1.27. The van der Waals surface area contributed by atoms with Crippen molar-refractivity contribution >= 4 is 87.7 Å². The molecule has 7 aromatic rings. The van der Waals surface area contributed by atoms with E-state index in [1.54, 1.807) is 48.5 Å². The summed E-state index contributed by atoms with van der Waals surface area (Å²) in [5, 5.41) is 43.7. The highest BCUT2D eigenvalue weighted by Crippen LogP contribution is 2.43. The van der Waals surface area contributed by atoms with Crippen molar-refractivity contribution in [2.45, 2.75) is 9.79 Å². The molecule has 0 saturated heterocycles. The lowest BCUT2D eigenvalue weighted by Crippen LogP contribution is -2.14. The van der Waals surface area contributed by atoms with E-state index in [1.807, 2.05) is 0 Å². The number of phenolic OH excluding ortho intramolecular Hbond substituents is 2. The molecule has 0 radical (unpaired) electrons. The fraction of sp³-hybridized carbons (Fsp3) is 0.0476. The van der Waals surface area contributed by atoms with Gasteiger partial charge in [-0.15, -0.1) is 10.2 Å². The number of carbonyl (C=O) groups is 2. The topological polar surface area (TPSA) is 275 Å². The molecule has 0 aromatic heterocycles. The van der Waals surface area contributed by atoms with E-state index in [0.717, 1.165) is 12.1 Å². The number of hydrogen-bond acceptors (Lipinski definition) is 14. The zero-order valence-electron chi connectivity index (χ0n) is 32.2. The van der Waals surface area contributed by atoms with Crippen molar-refractivity contribution in [3.05, 3.63) is 132 Å². The highest BCUT2D eigenvalue weighted by atomic mass is 32.2. The van der Waals surface area contributed by atoms with Gasteiger partial charge in [-0.25, -0.2) is 0 Å². The maximum atomic E-state index is 13.2. The number of amides is 2. The SMILES string of the molecule is COc1ccc(N=Nc2c(S(=O)(=O)O)cc3cc(NC(=O)c4ccc(C(=O)Nc5ccc6c(O)c(N=Nc7ccc(OC)cc7)c(S(=O)(=O)O)cc6c5)cc4)ccc3c2O)cc1. The van der Waals surface area contributed by atoms with E-state index in [9.17, 15) is 45.7 Å². The van der Waals surface area contributed by atoms with Crippen molar-refractivity contribution < 1.29 is 55.2 Å². The van der Waals surface area contributed by atoms with Crippen LogP contribution >= 0.6 is 0 Å². The number of rotatable bonds is 12. The van der Waals surface area contributed by atoms with Gasteiger partial charge in [-0.3, -0.25) is 18.7 Å². The van der Waals surface area contributed by atoms with Crippen molar-refractivity contribution in [2.24, 2.45) is 20.5 Å². The molecule has 6 N–H and O–H groups in total. The Morgan fingerprint density at radius 2 is 0.855 bits per heavy atom. The smallest absolute Gasteiger partial charge is 0.296 e. The molecule has 18 nitrogen and oxygen atoms in total. The minimum atomic E-state index is -4.91. The van der Waals surface area contributed by atoms with Gasteiger partial charge in [0.05, 0.1) is 25.6 Å². The van der Waals surface area contributed by atoms with Crippen LogP contribution < -0.4 is 20.1 Å². The Kier molecular flexibility index (Phi) is 11.7. The van der Waals surface area contributed by atoms with Crippen LogP contribution in [0.15, 0.2) is 152 Å². The molecule has 314 valence electrons. The van der Waals surface area contributed by atoms with Gasteiger partial charge in [0.25, 0.3) is 32.1 Å². The van der Waals surface area contributed by atoms with E-state index in [-0.39, 0.29) is 44.0 Å². The minimum Gasteiger partial charge on any atom is -0.505 e. The zero-order valence-corrected chi connectivity index (χ0v) is 33.8. The van der Waals surface area contributed by atoms with Crippen molar-refractivity contribution in [3.8, 4) is 23.0 Å². The number of benzene rings is 7. The number of phenols is 2. The second kappa shape index (κ2) is 17.1. The molecule has 62 heavy (non-hydrogen) atoms.